The smallest absolute Gasteiger partial charge is 0.162 e. The van der Waals surface area contributed by atoms with E-state index in [0.717, 1.165) is 18.4 Å². The molecule has 0 amide bonds. The summed E-state index contributed by atoms with van der Waals surface area (Å²) in [6.07, 6.45) is 2.43. The maximum absolute atomic E-state index is 11.7. The van der Waals surface area contributed by atoms with Gasteiger partial charge in [-0.1, -0.05) is 12.1 Å². The van der Waals surface area contributed by atoms with Crippen LogP contribution in [0.15, 0.2) is 18.2 Å². The molecule has 0 aliphatic carbocycles. The number of carbonyl (C=O) groups excluding carboxylic acids is 1. The van der Waals surface area contributed by atoms with Crippen LogP contribution >= 0.6 is 0 Å². The molecular weight excluding hydrogens is 186 g/mol. The lowest BCUT2D eigenvalue weighted by Gasteiger charge is -2.04. The van der Waals surface area contributed by atoms with E-state index in [1.807, 2.05) is 25.1 Å². The molecule has 1 rings (SSSR count). The van der Waals surface area contributed by atoms with Crippen LogP contribution in [0.5, 0.6) is 0 Å². The van der Waals surface area contributed by atoms with Gasteiger partial charge < -0.3 is 5.73 Å². The van der Waals surface area contributed by atoms with Gasteiger partial charge in [0.2, 0.25) is 0 Å². The summed E-state index contributed by atoms with van der Waals surface area (Å²) in [7, 11) is 0. The number of unbranched alkanes of at least 4 members (excludes halogenated alkanes) is 1. The van der Waals surface area contributed by atoms with Crippen molar-refractivity contribution in [2.75, 3.05) is 6.54 Å². The lowest BCUT2D eigenvalue weighted by atomic mass is 10.0. The minimum Gasteiger partial charge on any atom is -0.330 e. The van der Waals surface area contributed by atoms with Crippen LogP contribution in [0.1, 0.15) is 40.7 Å². The number of ketones is 1. The number of aryl methyl sites for hydroxylation is 2. The number of benzene rings is 1. The highest BCUT2D eigenvalue weighted by molar-refractivity contribution is 5.96. The van der Waals surface area contributed by atoms with Crippen molar-refractivity contribution >= 4 is 5.78 Å². The van der Waals surface area contributed by atoms with Crippen molar-refractivity contribution in [3.05, 3.63) is 34.9 Å². The van der Waals surface area contributed by atoms with E-state index >= 15 is 0 Å². The van der Waals surface area contributed by atoms with Crippen LogP contribution in [0, 0.1) is 13.8 Å². The second-order valence-electron chi connectivity index (χ2n) is 3.97. The maximum Gasteiger partial charge on any atom is 0.162 e. The number of Topliss-reactive ketones (excluding diaryl/α,β-unsaturated/α-hetero) is 1. The fourth-order valence-corrected chi connectivity index (χ4v) is 1.49. The quantitative estimate of drug-likeness (QED) is 0.593. The normalized spacial score (nSPS) is 10.3. The summed E-state index contributed by atoms with van der Waals surface area (Å²) in [6, 6.07) is 5.89. The minimum atomic E-state index is 0.228. The highest BCUT2D eigenvalue weighted by Gasteiger charge is 2.05. The van der Waals surface area contributed by atoms with E-state index in [1.165, 1.54) is 11.1 Å². The molecular formula is C13H19NO. The molecule has 82 valence electrons. The first kappa shape index (κ1) is 11.9. The van der Waals surface area contributed by atoms with Crippen molar-refractivity contribution < 1.29 is 4.79 Å². The van der Waals surface area contributed by atoms with E-state index in [0.29, 0.717) is 13.0 Å². The van der Waals surface area contributed by atoms with E-state index in [1.54, 1.807) is 0 Å². The molecule has 1 aromatic carbocycles. The molecule has 0 aliphatic heterocycles. The van der Waals surface area contributed by atoms with Gasteiger partial charge >= 0.3 is 0 Å². The van der Waals surface area contributed by atoms with E-state index in [-0.39, 0.29) is 5.78 Å². The van der Waals surface area contributed by atoms with Crippen LogP contribution in [0.2, 0.25) is 0 Å². The Kier molecular flexibility index (Phi) is 4.50. The molecule has 0 bridgehead atoms. The average molecular weight is 205 g/mol. The third kappa shape index (κ3) is 3.48. The first-order chi connectivity index (χ1) is 7.15. The molecule has 0 aliphatic rings. The number of hydrogen-bond acceptors (Lipinski definition) is 2. The summed E-state index contributed by atoms with van der Waals surface area (Å²) in [4.78, 5) is 11.7. The summed E-state index contributed by atoms with van der Waals surface area (Å²) in [6.45, 7) is 4.75. The molecule has 2 heteroatoms. The summed E-state index contributed by atoms with van der Waals surface area (Å²) in [5.74, 6) is 0.228. The van der Waals surface area contributed by atoms with Crippen LogP contribution in [-0.2, 0) is 0 Å². The monoisotopic (exact) mass is 205 g/mol. The Morgan fingerprint density at radius 1 is 1.20 bits per heavy atom. The SMILES string of the molecule is Cc1ccc(C(=O)CCCCN)cc1C. The zero-order valence-electron chi connectivity index (χ0n) is 9.55. The topological polar surface area (TPSA) is 43.1 Å². The zero-order chi connectivity index (χ0) is 11.3. The Morgan fingerprint density at radius 3 is 2.53 bits per heavy atom. The molecule has 2 nitrogen and oxygen atoms in total. The lowest BCUT2D eigenvalue weighted by Crippen LogP contribution is -2.03. The van der Waals surface area contributed by atoms with Gasteiger partial charge in [-0.25, -0.2) is 0 Å². The van der Waals surface area contributed by atoms with Crippen molar-refractivity contribution in [3.8, 4) is 0 Å². The van der Waals surface area contributed by atoms with Crippen molar-refractivity contribution in [3.63, 3.8) is 0 Å². The summed E-state index contributed by atoms with van der Waals surface area (Å²) in [5, 5.41) is 0. The van der Waals surface area contributed by atoms with Crippen LogP contribution < -0.4 is 5.73 Å². The second kappa shape index (κ2) is 5.66. The molecule has 15 heavy (non-hydrogen) atoms. The van der Waals surface area contributed by atoms with Gasteiger partial charge in [-0.15, -0.1) is 0 Å². The number of carbonyl (C=O) groups is 1. The maximum atomic E-state index is 11.7. The van der Waals surface area contributed by atoms with Gasteiger partial charge in [0.05, 0.1) is 0 Å². The first-order valence-electron chi connectivity index (χ1n) is 5.45. The Morgan fingerprint density at radius 2 is 1.93 bits per heavy atom. The third-order valence-corrected chi connectivity index (χ3v) is 2.69. The van der Waals surface area contributed by atoms with Crippen LogP contribution in [0.4, 0.5) is 0 Å². The van der Waals surface area contributed by atoms with E-state index in [4.69, 9.17) is 5.73 Å². The Hall–Kier alpha value is -1.15. The van der Waals surface area contributed by atoms with Gasteiger partial charge in [0.1, 0.15) is 0 Å². The van der Waals surface area contributed by atoms with E-state index < -0.39 is 0 Å². The van der Waals surface area contributed by atoms with Crippen LogP contribution in [0.25, 0.3) is 0 Å². The molecule has 0 atom stereocenters. The van der Waals surface area contributed by atoms with Crippen LogP contribution in [0.3, 0.4) is 0 Å². The van der Waals surface area contributed by atoms with Crippen molar-refractivity contribution in [2.24, 2.45) is 5.73 Å². The molecule has 2 N–H and O–H groups in total. The van der Waals surface area contributed by atoms with Crippen molar-refractivity contribution in [1.82, 2.24) is 0 Å². The Balaban J connectivity index is 2.62. The van der Waals surface area contributed by atoms with E-state index in [9.17, 15) is 4.79 Å². The zero-order valence-corrected chi connectivity index (χ0v) is 9.55. The van der Waals surface area contributed by atoms with Crippen molar-refractivity contribution in [2.45, 2.75) is 33.1 Å². The fourth-order valence-electron chi connectivity index (χ4n) is 1.49. The minimum absolute atomic E-state index is 0.228. The van der Waals surface area contributed by atoms with Gasteiger partial charge in [0, 0.05) is 12.0 Å². The number of rotatable bonds is 5. The summed E-state index contributed by atoms with van der Waals surface area (Å²) >= 11 is 0. The van der Waals surface area contributed by atoms with Crippen LogP contribution in [-0.4, -0.2) is 12.3 Å². The van der Waals surface area contributed by atoms with Gasteiger partial charge in [-0.05, 0) is 50.4 Å². The fraction of sp³-hybridized carbons (Fsp3) is 0.462. The summed E-state index contributed by atoms with van der Waals surface area (Å²) in [5.41, 5.74) is 8.63. The molecule has 0 aromatic heterocycles. The molecule has 0 radical (unpaired) electrons. The van der Waals surface area contributed by atoms with Gasteiger partial charge in [-0.3, -0.25) is 4.79 Å². The Labute approximate surface area is 91.5 Å². The molecule has 0 fully saturated rings. The van der Waals surface area contributed by atoms with Gasteiger partial charge in [0.15, 0.2) is 5.78 Å². The third-order valence-electron chi connectivity index (χ3n) is 2.69. The molecule has 0 heterocycles. The molecule has 0 unspecified atom stereocenters. The van der Waals surface area contributed by atoms with E-state index in [2.05, 4.69) is 6.92 Å². The van der Waals surface area contributed by atoms with Gasteiger partial charge in [0.25, 0.3) is 0 Å². The molecule has 0 saturated heterocycles. The highest BCUT2D eigenvalue weighted by Crippen LogP contribution is 2.12. The average Bonchev–Trinajstić information content (AvgIpc) is 2.22. The second-order valence-corrected chi connectivity index (χ2v) is 3.97. The molecule has 0 saturated carbocycles. The standard InChI is InChI=1S/C13H19NO/c1-10-6-7-12(9-11(10)2)13(15)5-3-4-8-14/h6-7,9H,3-5,8,14H2,1-2H3. The predicted molar refractivity (Wildman–Crippen MR) is 63.2 cm³/mol. The first-order valence-corrected chi connectivity index (χ1v) is 5.45. The largest absolute Gasteiger partial charge is 0.330 e. The predicted octanol–water partition coefficient (Wildman–Crippen LogP) is 2.62. The molecule has 1 aromatic rings. The lowest BCUT2D eigenvalue weighted by molar-refractivity contribution is 0.0979. The molecule has 0 spiro atoms. The van der Waals surface area contributed by atoms with Gasteiger partial charge in [-0.2, -0.15) is 0 Å². The summed E-state index contributed by atoms with van der Waals surface area (Å²) < 4.78 is 0. The Bertz CT molecular complexity index is 344. The van der Waals surface area contributed by atoms with Crippen molar-refractivity contribution in [1.29, 1.82) is 0 Å². The highest BCUT2D eigenvalue weighted by atomic mass is 16.1. The number of hydrogen-bond donors (Lipinski definition) is 1. The number of nitrogens with two attached hydrogens (primary N) is 1.